The molecule has 3 aromatic heterocycles. The third-order valence-corrected chi connectivity index (χ3v) is 3.93. The van der Waals surface area contributed by atoms with Crippen LogP contribution in [-0.4, -0.2) is 21.5 Å². The minimum absolute atomic E-state index is 0.854. The van der Waals surface area contributed by atoms with Crippen molar-refractivity contribution < 1.29 is 4.74 Å². The molecule has 0 saturated heterocycles. The van der Waals surface area contributed by atoms with Crippen LogP contribution in [0, 0.1) is 0 Å². The molecular formula is C19H15N3O. The number of pyridine rings is 2. The SMILES string of the molecule is COc1ccccc1-c1cc(-c2ccncc2)c2cncn2c1. The van der Waals surface area contributed by atoms with Crippen molar-refractivity contribution >= 4 is 5.52 Å². The van der Waals surface area contributed by atoms with Gasteiger partial charge in [0.05, 0.1) is 25.2 Å². The number of nitrogens with zero attached hydrogens (tertiary/aromatic N) is 3. The van der Waals surface area contributed by atoms with Gasteiger partial charge < -0.3 is 9.14 Å². The second kappa shape index (κ2) is 5.57. The lowest BCUT2D eigenvalue weighted by molar-refractivity contribution is 0.416. The Balaban J connectivity index is 1.99. The molecule has 0 N–H and O–H groups in total. The molecule has 4 aromatic rings. The molecule has 0 aliphatic carbocycles. The van der Waals surface area contributed by atoms with E-state index in [-0.39, 0.29) is 0 Å². The van der Waals surface area contributed by atoms with Crippen molar-refractivity contribution in [3.63, 3.8) is 0 Å². The molecule has 0 aliphatic heterocycles. The van der Waals surface area contributed by atoms with Gasteiger partial charge in [-0.2, -0.15) is 0 Å². The van der Waals surface area contributed by atoms with Crippen molar-refractivity contribution in [2.24, 2.45) is 0 Å². The predicted octanol–water partition coefficient (Wildman–Crippen LogP) is 4.07. The Morgan fingerprint density at radius 1 is 0.913 bits per heavy atom. The van der Waals surface area contributed by atoms with Gasteiger partial charge in [-0.1, -0.05) is 18.2 Å². The molecule has 0 radical (unpaired) electrons. The van der Waals surface area contributed by atoms with E-state index in [0.29, 0.717) is 0 Å². The lowest BCUT2D eigenvalue weighted by Crippen LogP contribution is -1.92. The average molecular weight is 301 g/mol. The summed E-state index contributed by atoms with van der Waals surface area (Å²) in [5.41, 5.74) is 5.44. The Hall–Kier alpha value is -3.14. The molecule has 0 aliphatic rings. The zero-order valence-corrected chi connectivity index (χ0v) is 12.7. The first-order valence-corrected chi connectivity index (χ1v) is 7.36. The lowest BCUT2D eigenvalue weighted by Gasteiger charge is -2.12. The van der Waals surface area contributed by atoms with Crippen LogP contribution in [0.1, 0.15) is 0 Å². The second-order valence-electron chi connectivity index (χ2n) is 5.26. The summed E-state index contributed by atoms with van der Waals surface area (Å²) in [6.45, 7) is 0. The van der Waals surface area contributed by atoms with Crippen LogP contribution in [0.3, 0.4) is 0 Å². The first-order chi connectivity index (χ1) is 11.4. The van der Waals surface area contributed by atoms with E-state index in [1.807, 2.05) is 47.3 Å². The van der Waals surface area contributed by atoms with Gasteiger partial charge in [0.2, 0.25) is 0 Å². The topological polar surface area (TPSA) is 39.4 Å². The number of para-hydroxylation sites is 1. The van der Waals surface area contributed by atoms with Gasteiger partial charge in [0.15, 0.2) is 0 Å². The molecule has 3 heterocycles. The number of benzene rings is 1. The highest BCUT2D eigenvalue weighted by atomic mass is 16.5. The molecule has 0 fully saturated rings. The summed E-state index contributed by atoms with van der Waals surface area (Å²) in [7, 11) is 1.69. The number of fused-ring (bicyclic) bond motifs is 1. The van der Waals surface area contributed by atoms with Crippen LogP contribution in [0.15, 0.2) is 73.6 Å². The fourth-order valence-electron chi connectivity index (χ4n) is 2.83. The first-order valence-electron chi connectivity index (χ1n) is 7.36. The van der Waals surface area contributed by atoms with E-state index in [1.54, 1.807) is 19.5 Å². The van der Waals surface area contributed by atoms with Crippen molar-refractivity contribution in [3.8, 4) is 28.0 Å². The molecule has 0 unspecified atom stereocenters. The smallest absolute Gasteiger partial charge is 0.126 e. The highest BCUT2D eigenvalue weighted by molar-refractivity contribution is 5.85. The molecule has 0 bridgehead atoms. The molecule has 0 atom stereocenters. The van der Waals surface area contributed by atoms with Crippen molar-refractivity contribution in [2.45, 2.75) is 0 Å². The summed E-state index contributed by atoms with van der Waals surface area (Å²) in [4.78, 5) is 8.39. The van der Waals surface area contributed by atoms with Crippen molar-refractivity contribution in [1.29, 1.82) is 0 Å². The summed E-state index contributed by atoms with van der Waals surface area (Å²) in [5, 5.41) is 0. The monoisotopic (exact) mass is 301 g/mol. The van der Waals surface area contributed by atoms with Crippen molar-refractivity contribution in [2.75, 3.05) is 7.11 Å². The predicted molar refractivity (Wildman–Crippen MR) is 90.4 cm³/mol. The minimum atomic E-state index is 0.854. The second-order valence-corrected chi connectivity index (χ2v) is 5.26. The average Bonchev–Trinajstić information content (AvgIpc) is 3.10. The van der Waals surface area contributed by atoms with Gasteiger partial charge in [-0.3, -0.25) is 4.98 Å². The normalized spacial score (nSPS) is 10.8. The van der Waals surface area contributed by atoms with Crippen LogP contribution in [0.4, 0.5) is 0 Å². The summed E-state index contributed by atoms with van der Waals surface area (Å²) >= 11 is 0. The molecule has 0 amide bonds. The maximum absolute atomic E-state index is 5.50. The fourth-order valence-corrected chi connectivity index (χ4v) is 2.83. The third kappa shape index (κ3) is 2.34. The summed E-state index contributed by atoms with van der Waals surface area (Å²) in [6.07, 6.45) is 9.38. The van der Waals surface area contributed by atoms with E-state index in [1.165, 1.54) is 0 Å². The molecule has 0 saturated carbocycles. The molecule has 4 rings (SSSR count). The fraction of sp³-hybridized carbons (Fsp3) is 0.0526. The van der Waals surface area contributed by atoms with Crippen molar-refractivity contribution in [1.82, 2.24) is 14.4 Å². The Kier molecular flexibility index (Phi) is 3.27. The van der Waals surface area contributed by atoms with Gasteiger partial charge in [0.25, 0.3) is 0 Å². The Morgan fingerprint density at radius 3 is 2.57 bits per heavy atom. The van der Waals surface area contributed by atoms with Gasteiger partial charge in [-0.05, 0) is 29.8 Å². The van der Waals surface area contributed by atoms with Crippen LogP contribution in [0.25, 0.3) is 27.8 Å². The number of imidazole rings is 1. The highest BCUT2D eigenvalue weighted by Gasteiger charge is 2.11. The molecule has 112 valence electrons. The van der Waals surface area contributed by atoms with Gasteiger partial charge in [-0.25, -0.2) is 4.98 Å². The van der Waals surface area contributed by atoms with E-state index >= 15 is 0 Å². The first kappa shape index (κ1) is 13.5. The van der Waals surface area contributed by atoms with Crippen LogP contribution in [-0.2, 0) is 0 Å². The molecule has 4 nitrogen and oxygen atoms in total. The van der Waals surface area contributed by atoms with Gasteiger partial charge in [0.1, 0.15) is 5.75 Å². The summed E-state index contributed by atoms with van der Waals surface area (Å²) < 4.78 is 7.54. The maximum atomic E-state index is 5.50. The molecule has 4 heteroatoms. The van der Waals surface area contributed by atoms with E-state index in [9.17, 15) is 0 Å². The van der Waals surface area contributed by atoms with Crippen LogP contribution in [0.5, 0.6) is 5.75 Å². The zero-order valence-electron chi connectivity index (χ0n) is 12.7. The van der Waals surface area contributed by atoms with E-state index in [2.05, 4.69) is 28.3 Å². The van der Waals surface area contributed by atoms with Crippen molar-refractivity contribution in [3.05, 3.63) is 73.6 Å². The number of hydrogen-bond acceptors (Lipinski definition) is 3. The van der Waals surface area contributed by atoms with Crippen LogP contribution >= 0.6 is 0 Å². The van der Waals surface area contributed by atoms with Gasteiger partial charge >= 0.3 is 0 Å². The largest absolute Gasteiger partial charge is 0.496 e. The van der Waals surface area contributed by atoms with E-state index < -0.39 is 0 Å². The number of methoxy groups -OCH3 is 1. The molecule has 1 aromatic carbocycles. The van der Waals surface area contributed by atoms with E-state index in [0.717, 1.165) is 33.5 Å². The quantitative estimate of drug-likeness (QED) is 0.572. The number of ether oxygens (including phenoxy) is 1. The highest BCUT2D eigenvalue weighted by Crippen LogP contribution is 2.34. The zero-order chi connectivity index (χ0) is 15.6. The molecule has 23 heavy (non-hydrogen) atoms. The Bertz CT molecular complexity index is 961. The van der Waals surface area contributed by atoms with Crippen LogP contribution < -0.4 is 4.74 Å². The van der Waals surface area contributed by atoms with E-state index in [4.69, 9.17) is 4.74 Å². The lowest BCUT2D eigenvalue weighted by atomic mass is 10.0. The minimum Gasteiger partial charge on any atom is -0.496 e. The maximum Gasteiger partial charge on any atom is 0.126 e. The Labute approximate surface area is 134 Å². The molecule has 0 spiro atoms. The Morgan fingerprint density at radius 2 is 1.74 bits per heavy atom. The van der Waals surface area contributed by atoms with Gasteiger partial charge in [-0.15, -0.1) is 0 Å². The van der Waals surface area contributed by atoms with Gasteiger partial charge in [0, 0.05) is 35.3 Å². The number of hydrogen-bond donors (Lipinski definition) is 0. The number of aromatic nitrogens is 3. The third-order valence-electron chi connectivity index (χ3n) is 3.93. The molecular weight excluding hydrogens is 286 g/mol. The summed E-state index contributed by atoms with van der Waals surface area (Å²) in [6, 6.07) is 14.2. The number of rotatable bonds is 3. The summed E-state index contributed by atoms with van der Waals surface area (Å²) in [5.74, 6) is 0.854. The van der Waals surface area contributed by atoms with Crippen LogP contribution in [0.2, 0.25) is 0 Å². The standard InChI is InChI=1S/C19H15N3O/c1-23-19-5-3-2-4-16(19)15-10-17(14-6-8-20-9-7-14)18-11-21-13-22(18)12-15/h2-13H,1H3.